The van der Waals surface area contributed by atoms with Gasteiger partial charge in [-0.25, -0.2) is 0 Å². The van der Waals surface area contributed by atoms with Crippen molar-refractivity contribution in [2.24, 2.45) is 28.6 Å². The predicted octanol–water partition coefficient (Wildman–Crippen LogP) is 6.52. The van der Waals surface area contributed by atoms with Gasteiger partial charge in [-0.2, -0.15) is 0 Å². The molecule has 0 aromatic carbocycles. The molecule has 0 radical (unpaired) electrons. The first kappa shape index (κ1) is 21.3. The highest BCUT2D eigenvalue weighted by Crippen LogP contribution is 2.69. The Kier molecular flexibility index (Phi) is 5.40. The van der Waals surface area contributed by atoms with Crippen LogP contribution < -0.4 is 0 Å². The molecule has 3 rings (SSSR count). The fourth-order valence-corrected chi connectivity index (χ4v) is 8.73. The number of hydrogen-bond donors (Lipinski definition) is 1. The molecule has 0 aliphatic heterocycles. The third kappa shape index (κ3) is 2.61. The van der Waals surface area contributed by atoms with E-state index in [1.165, 1.54) is 0 Å². The van der Waals surface area contributed by atoms with E-state index in [1.54, 1.807) is 0 Å². The van der Waals surface area contributed by atoms with Crippen molar-refractivity contribution in [1.82, 2.24) is 0 Å². The molecule has 3 saturated carbocycles. The zero-order valence-electron chi connectivity index (χ0n) is 16.0. The van der Waals surface area contributed by atoms with Crippen molar-refractivity contribution in [2.45, 2.75) is 86.7 Å². The smallest absolute Gasteiger partial charge is 0.309 e. The van der Waals surface area contributed by atoms with E-state index in [-0.39, 0.29) is 28.5 Å². The van der Waals surface area contributed by atoms with Gasteiger partial charge in [-0.3, -0.25) is 4.79 Å². The summed E-state index contributed by atoms with van der Waals surface area (Å²) in [6.07, 6.45) is 4.79. The average molecular weight is 444 g/mol. The minimum absolute atomic E-state index is 0.00590. The molecule has 2 nitrogen and oxygen atoms in total. The van der Waals surface area contributed by atoms with Crippen LogP contribution >= 0.6 is 46.4 Å². The van der Waals surface area contributed by atoms with Crippen molar-refractivity contribution < 1.29 is 9.90 Å². The summed E-state index contributed by atoms with van der Waals surface area (Å²) in [5.41, 5.74) is -0.936. The van der Waals surface area contributed by atoms with Gasteiger partial charge in [-0.1, -0.05) is 27.2 Å². The van der Waals surface area contributed by atoms with Crippen LogP contribution in [0.4, 0.5) is 0 Å². The maximum absolute atomic E-state index is 12.2. The van der Waals surface area contributed by atoms with Gasteiger partial charge in [0.1, 0.15) is 0 Å². The second-order valence-electron chi connectivity index (χ2n) is 9.70. The molecular formula is C20H30Cl4O2. The van der Waals surface area contributed by atoms with Crippen LogP contribution in [-0.4, -0.2) is 31.6 Å². The number of rotatable bonds is 2. The lowest BCUT2D eigenvalue weighted by Crippen LogP contribution is -2.70. The van der Waals surface area contributed by atoms with Crippen LogP contribution in [0.5, 0.6) is 0 Å². The highest BCUT2D eigenvalue weighted by molar-refractivity contribution is 6.41. The molecule has 3 aliphatic carbocycles. The fourth-order valence-electron chi connectivity index (χ4n) is 6.55. The van der Waals surface area contributed by atoms with E-state index in [2.05, 4.69) is 20.8 Å². The second kappa shape index (κ2) is 6.57. The molecule has 1 N–H and O–H groups in total. The Labute approximate surface area is 177 Å². The highest BCUT2D eigenvalue weighted by Gasteiger charge is 2.70. The number of aliphatic carboxylic acids is 1. The van der Waals surface area contributed by atoms with Crippen molar-refractivity contribution >= 4 is 52.4 Å². The van der Waals surface area contributed by atoms with Crippen molar-refractivity contribution in [3.8, 4) is 0 Å². The molecule has 3 fully saturated rings. The lowest BCUT2D eigenvalue weighted by Gasteiger charge is -2.66. The number of halogens is 4. The maximum Gasteiger partial charge on any atom is 0.309 e. The van der Waals surface area contributed by atoms with E-state index in [0.717, 1.165) is 25.7 Å². The van der Waals surface area contributed by atoms with Crippen molar-refractivity contribution in [2.75, 3.05) is 0 Å². The first-order valence-electron chi connectivity index (χ1n) is 9.74. The van der Waals surface area contributed by atoms with Gasteiger partial charge in [-0.15, -0.1) is 46.4 Å². The van der Waals surface area contributed by atoms with Crippen molar-refractivity contribution in [3.63, 3.8) is 0 Å². The third-order valence-corrected chi connectivity index (χ3v) is 11.5. The highest BCUT2D eigenvalue weighted by atomic mass is 35.5. The fraction of sp³-hybridized carbons (Fsp3) is 0.950. The predicted molar refractivity (Wildman–Crippen MR) is 110 cm³/mol. The summed E-state index contributed by atoms with van der Waals surface area (Å²) in [6.45, 7) is 8.29. The minimum Gasteiger partial charge on any atom is -0.481 e. The second-order valence-corrected chi connectivity index (χ2v) is 12.0. The van der Waals surface area contributed by atoms with E-state index in [9.17, 15) is 9.90 Å². The Bertz CT molecular complexity index is 598. The Morgan fingerprint density at radius 1 is 1.08 bits per heavy atom. The molecule has 150 valence electrons. The lowest BCUT2D eigenvalue weighted by atomic mass is 9.43. The maximum atomic E-state index is 12.2. The molecule has 3 aliphatic rings. The van der Waals surface area contributed by atoms with Gasteiger partial charge in [0.2, 0.25) is 0 Å². The van der Waals surface area contributed by atoms with Crippen molar-refractivity contribution in [1.29, 1.82) is 0 Å². The number of carbonyl (C=O) groups is 1. The van der Waals surface area contributed by atoms with Gasteiger partial charge in [0.15, 0.2) is 0 Å². The summed E-state index contributed by atoms with van der Waals surface area (Å²) in [5, 5.41) is 9.15. The van der Waals surface area contributed by atoms with Crippen LogP contribution in [0.3, 0.4) is 0 Å². The Morgan fingerprint density at radius 3 is 2.23 bits per heavy atom. The first-order valence-corrected chi connectivity index (χ1v) is 11.4. The number of alkyl halides is 4. The van der Waals surface area contributed by atoms with Gasteiger partial charge in [0.05, 0.1) is 25.9 Å². The Hall–Kier alpha value is 0.630. The van der Waals surface area contributed by atoms with Crippen LogP contribution in [0.2, 0.25) is 0 Å². The summed E-state index contributed by atoms with van der Waals surface area (Å²) in [6, 6.07) is 0. The van der Waals surface area contributed by atoms with Gasteiger partial charge in [0, 0.05) is 0 Å². The van der Waals surface area contributed by atoms with Gasteiger partial charge < -0.3 is 5.11 Å². The molecule has 0 amide bonds. The van der Waals surface area contributed by atoms with Gasteiger partial charge in [-0.05, 0) is 62.2 Å². The van der Waals surface area contributed by atoms with Crippen LogP contribution in [0, 0.1) is 28.6 Å². The van der Waals surface area contributed by atoms with Gasteiger partial charge in [0.25, 0.3) is 0 Å². The van der Waals surface area contributed by atoms with Crippen LogP contribution in [0.15, 0.2) is 0 Å². The molecule has 6 heteroatoms. The molecule has 0 unspecified atom stereocenters. The number of carboxylic acids is 1. The topological polar surface area (TPSA) is 37.3 Å². The summed E-state index contributed by atoms with van der Waals surface area (Å²) < 4.78 is 0. The summed E-state index contributed by atoms with van der Waals surface area (Å²) in [5.74, 6) is -0.448. The zero-order chi connectivity index (χ0) is 19.7. The molecule has 26 heavy (non-hydrogen) atoms. The first-order chi connectivity index (χ1) is 11.8. The number of hydrogen-bond acceptors (Lipinski definition) is 1. The molecule has 0 bridgehead atoms. The van der Waals surface area contributed by atoms with E-state index < -0.39 is 26.5 Å². The monoisotopic (exact) mass is 442 g/mol. The van der Waals surface area contributed by atoms with E-state index in [1.807, 2.05) is 6.92 Å². The SMILES string of the molecule is CC(C)[C@@]1(Cl)CC[C@H]2[C@]3(C)CCC[C@@](C)(C(=O)O)[C@@H]3C[C@H](Cl)[C@]2(Cl)[C@@H]1Cl. The van der Waals surface area contributed by atoms with Crippen LogP contribution in [0.25, 0.3) is 0 Å². The summed E-state index contributed by atoms with van der Waals surface area (Å²) >= 11 is 28.2. The van der Waals surface area contributed by atoms with E-state index in [0.29, 0.717) is 12.8 Å². The Balaban J connectivity index is 2.08. The average Bonchev–Trinajstić information content (AvgIpc) is 2.54. The van der Waals surface area contributed by atoms with E-state index >= 15 is 0 Å². The minimum atomic E-state index is -0.810. The zero-order valence-corrected chi connectivity index (χ0v) is 19.0. The Morgan fingerprint density at radius 2 is 1.69 bits per heavy atom. The normalized spacial score (nSPS) is 54.5. The number of carboxylic acid groups (broad SMARTS) is 1. The quantitative estimate of drug-likeness (QED) is 0.493. The molecule has 8 atom stereocenters. The summed E-state index contributed by atoms with van der Waals surface area (Å²) in [4.78, 5) is 10.8. The molecule has 0 saturated heterocycles. The van der Waals surface area contributed by atoms with Gasteiger partial charge >= 0.3 is 5.97 Å². The van der Waals surface area contributed by atoms with Crippen LogP contribution in [-0.2, 0) is 4.79 Å². The molecule has 0 spiro atoms. The molecular weight excluding hydrogens is 414 g/mol. The molecule has 0 aromatic rings. The lowest BCUT2D eigenvalue weighted by molar-refractivity contribution is -0.170. The number of fused-ring (bicyclic) bond motifs is 3. The standard InChI is InChI=1S/C20H30Cl4O2/c1-11(2)19(23)9-6-12-17(3)7-5-8-18(4,16(25)26)13(17)10-14(21)20(12,24)15(19)22/h11-15H,5-10H2,1-4H3,(H,25,26)/t12-,13+,14-,15+,17-,18+,19-,20-/m0/s1. The largest absolute Gasteiger partial charge is 0.481 e. The van der Waals surface area contributed by atoms with Crippen LogP contribution in [0.1, 0.15) is 66.2 Å². The summed E-state index contributed by atoms with van der Waals surface area (Å²) in [7, 11) is 0. The molecule has 0 aromatic heterocycles. The third-order valence-electron chi connectivity index (χ3n) is 8.30. The molecule has 0 heterocycles. The van der Waals surface area contributed by atoms with E-state index in [4.69, 9.17) is 46.4 Å². The van der Waals surface area contributed by atoms with Crippen molar-refractivity contribution in [3.05, 3.63) is 0 Å².